The van der Waals surface area contributed by atoms with Crippen molar-refractivity contribution in [2.24, 2.45) is 0 Å². The van der Waals surface area contributed by atoms with Crippen molar-refractivity contribution < 1.29 is 9.59 Å². The molecule has 1 heterocycles. The summed E-state index contributed by atoms with van der Waals surface area (Å²) in [6, 6.07) is 14.6. The molecular weight excluding hydrogens is 374 g/mol. The maximum Gasteiger partial charge on any atom is 0.257 e. The summed E-state index contributed by atoms with van der Waals surface area (Å²) in [7, 11) is 0. The Labute approximate surface area is 168 Å². The molecule has 2 amide bonds. The number of carbonyl (C=O) groups is 2. The number of nitrogens with one attached hydrogen (secondary N) is 2. The van der Waals surface area contributed by atoms with Gasteiger partial charge in [-0.3, -0.25) is 14.6 Å². The number of benzene rings is 2. The molecule has 3 rings (SSSR count). The molecule has 0 radical (unpaired) electrons. The first kappa shape index (κ1) is 19.6. The van der Waals surface area contributed by atoms with Gasteiger partial charge in [0.15, 0.2) is 0 Å². The van der Waals surface area contributed by atoms with Crippen LogP contribution in [0.15, 0.2) is 60.9 Å². The fourth-order valence-electron chi connectivity index (χ4n) is 2.65. The molecule has 0 saturated carbocycles. The Hall–Kier alpha value is -3.18. The molecule has 0 spiro atoms. The van der Waals surface area contributed by atoms with Gasteiger partial charge in [-0.2, -0.15) is 0 Å². The second-order valence-electron chi connectivity index (χ2n) is 6.49. The van der Waals surface area contributed by atoms with E-state index in [1.54, 1.807) is 12.1 Å². The average Bonchev–Trinajstić information content (AvgIpc) is 2.70. The second-order valence-corrected chi connectivity index (χ2v) is 6.90. The first-order chi connectivity index (χ1) is 13.4. The SMILES string of the molecule is Cc1ccc(NC(=O)c2cncc(C(=O)NCc3ccccc3C)c2)cc1Cl. The summed E-state index contributed by atoms with van der Waals surface area (Å²) in [5.41, 5.74) is 4.26. The minimum absolute atomic E-state index is 0.288. The van der Waals surface area contributed by atoms with Crippen molar-refractivity contribution in [3.05, 3.63) is 93.8 Å². The number of rotatable bonds is 5. The highest BCUT2D eigenvalue weighted by Crippen LogP contribution is 2.20. The Bertz CT molecular complexity index is 1030. The van der Waals surface area contributed by atoms with Crippen LogP contribution in [0, 0.1) is 13.8 Å². The van der Waals surface area contributed by atoms with Crippen LogP contribution in [0.2, 0.25) is 5.02 Å². The van der Waals surface area contributed by atoms with Gasteiger partial charge in [-0.05, 0) is 48.7 Å². The van der Waals surface area contributed by atoms with E-state index in [0.717, 1.165) is 16.7 Å². The van der Waals surface area contributed by atoms with E-state index >= 15 is 0 Å². The highest BCUT2D eigenvalue weighted by Gasteiger charge is 2.12. The lowest BCUT2D eigenvalue weighted by Gasteiger charge is -2.09. The van der Waals surface area contributed by atoms with Gasteiger partial charge < -0.3 is 10.6 Å². The lowest BCUT2D eigenvalue weighted by molar-refractivity contribution is 0.0950. The van der Waals surface area contributed by atoms with Crippen molar-refractivity contribution >= 4 is 29.1 Å². The maximum atomic E-state index is 12.5. The van der Waals surface area contributed by atoms with Gasteiger partial charge in [0, 0.05) is 29.6 Å². The van der Waals surface area contributed by atoms with E-state index in [1.807, 2.05) is 44.2 Å². The molecule has 0 bridgehead atoms. The third-order valence-electron chi connectivity index (χ3n) is 4.39. The topological polar surface area (TPSA) is 71.1 Å². The molecule has 142 valence electrons. The third kappa shape index (κ3) is 4.75. The van der Waals surface area contributed by atoms with Gasteiger partial charge in [0.1, 0.15) is 0 Å². The largest absolute Gasteiger partial charge is 0.348 e. The van der Waals surface area contributed by atoms with E-state index in [2.05, 4.69) is 15.6 Å². The van der Waals surface area contributed by atoms with E-state index in [4.69, 9.17) is 11.6 Å². The molecule has 2 aromatic carbocycles. The summed E-state index contributed by atoms with van der Waals surface area (Å²) >= 11 is 6.09. The fraction of sp³-hybridized carbons (Fsp3) is 0.136. The molecule has 0 saturated heterocycles. The van der Waals surface area contributed by atoms with Crippen LogP contribution in [0.25, 0.3) is 0 Å². The number of hydrogen-bond donors (Lipinski definition) is 2. The zero-order valence-corrected chi connectivity index (χ0v) is 16.4. The summed E-state index contributed by atoms with van der Waals surface area (Å²) < 4.78 is 0. The molecule has 0 atom stereocenters. The van der Waals surface area contributed by atoms with E-state index in [9.17, 15) is 9.59 Å². The van der Waals surface area contributed by atoms with Gasteiger partial charge in [0.2, 0.25) is 0 Å². The van der Waals surface area contributed by atoms with E-state index in [0.29, 0.717) is 28.4 Å². The number of anilines is 1. The molecule has 0 fully saturated rings. The fourth-order valence-corrected chi connectivity index (χ4v) is 2.83. The quantitative estimate of drug-likeness (QED) is 0.668. The predicted molar refractivity (Wildman–Crippen MR) is 111 cm³/mol. The molecule has 0 aliphatic carbocycles. The summed E-state index contributed by atoms with van der Waals surface area (Å²) in [4.78, 5) is 29.0. The van der Waals surface area contributed by atoms with Crippen LogP contribution >= 0.6 is 11.6 Å². The number of nitrogens with zero attached hydrogens (tertiary/aromatic N) is 1. The third-order valence-corrected chi connectivity index (χ3v) is 4.80. The normalized spacial score (nSPS) is 10.4. The van der Waals surface area contributed by atoms with Crippen LogP contribution in [0.5, 0.6) is 0 Å². The number of pyridine rings is 1. The summed E-state index contributed by atoms with van der Waals surface area (Å²) in [6.45, 7) is 4.28. The molecule has 6 heteroatoms. The molecule has 3 aromatic rings. The second kappa shape index (κ2) is 8.67. The maximum absolute atomic E-state index is 12.5. The monoisotopic (exact) mass is 393 g/mol. The van der Waals surface area contributed by atoms with Gasteiger partial charge in [0.05, 0.1) is 11.1 Å². The van der Waals surface area contributed by atoms with Gasteiger partial charge in [0.25, 0.3) is 11.8 Å². The highest BCUT2D eigenvalue weighted by molar-refractivity contribution is 6.31. The van der Waals surface area contributed by atoms with Gasteiger partial charge in [-0.15, -0.1) is 0 Å². The lowest BCUT2D eigenvalue weighted by Crippen LogP contribution is -2.24. The van der Waals surface area contributed by atoms with Crippen LogP contribution in [-0.4, -0.2) is 16.8 Å². The molecular formula is C22H20ClN3O2. The smallest absolute Gasteiger partial charge is 0.257 e. The van der Waals surface area contributed by atoms with E-state index in [1.165, 1.54) is 18.5 Å². The minimum Gasteiger partial charge on any atom is -0.348 e. The van der Waals surface area contributed by atoms with Gasteiger partial charge in [-0.1, -0.05) is 41.9 Å². The summed E-state index contributed by atoms with van der Waals surface area (Å²) in [6.07, 6.45) is 2.86. The molecule has 5 nitrogen and oxygen atoms in total. The Kier molecular flexibility index (Phi) is 6.06. The first-order valence-electron chi connectivity index (χ1n) is 8.79. The zero-order valence-electron chi connectivity index (χ0n) is 15.6. The molecule has 28 heavy (non-hydrogen) atoms. The number of hydrogen-bond acceptors (Lipinski definition) is 3. The molecule has 0 unspecified atom stereocenters. The van der Waals surface area contributed by atoms with Crippen LogP contribution in [-0.2, 0) is 6.54 Å². The van der Waals surface area contributed by atoms with Crippen molar-refractivity contribution in [3.63, 3.8) is 0 Å². The van der Waals surface area contributed by atoms with Crippen molar-refractivity contribution in [2.75, 3.05) is 5.32 Å². The van der Waals surface area contributed by atoms with E-state index in [-0.39, 0.29) is 11.8 Å². The molecule has 0 aliphatic heterocycles. The van der Waals surface area contributed by atoms with Crippen LogP contribution < -0.4 is 10.6 Å². The number of aryl methyl sites for hydroxylation is 2. The standard InChI is InChI=1S/C22H20ClN3O2/c1-14-5-3-4-6-16(14)13-25-21(27)17-9-18(12-24-11-17)22(28)26-19-8-7-15(2)20(23)10-19/h3-12H,13H2,1-2H3,(H,25,27)(H,26,28). The number of amides is 2. The van der Waals surface area contributed by atoms with Crippen LogP contribution in [0.1, 0.15) is 37.4 Å². The number of carbonyl (C=O) groups excluding carboxylic acids is 2. The Morgan fingerprint density at radius 2 is 1.64 bits per heavy atom. The van der Waals surface area contributed by atoms with Gasteiger partial charge >= 0.3 is 0 Å². The van der Waals surface area contributed by atoms with Crippen LogP contribution in [0.3, 0.4) is 0 Å². The average molecular weight is 394 g/mol. The Balaban J connectivity index is 1.68. The van der Waals surface area contributed by atoms with Crippen LogP contribution in [0.4, 0.5) is 5.69 Å². The molecule has 1 aromatic heterocycles. The van der Waals surface area contributed by atoms with Crippen molar-refractivity contribution in [1.29, 1.82) is 0 Å². The summed E-state index contributed by atoms with van der Waals surface area (Å²) in [5, 5.41) is 6.19. The lowest BCUT2D eigenvalue weighted by atomic mass is 10.1. The highest BCUT2D eigenvalue weighted by atomic mass is 35.5. The molecule has 0 aliphatic rings. The predicted octanol–water partition coefficient (Wildman–Crippen LogP) is 4.53. The number of halogens is 1. The van der Waals surface area contributed by atoms with Gasteiger partial charge in [-0.25, -0.2) is 0 Å². The number of aromatic nitrogens is 1. The van der Waals surface area contributed by atoms with E-state index < -0.39 is 0 Å². The van der Waals surface area contributed by atoms with Crippen molar-refractivity contribution in [2.45, 2.75) is 20.4 Å². The van der Waals surface area contributed by atoms with Crippen molar-refractivity contribution in [1.82, 2.24) is 10.3 Å². The Morgan fingerprint density at radius 1 is 0.929 bits per heavy atom. The summed E-state index contributed by atoms with van der Waals surface area (Å²) in [5.74, 6) is -0.648. The zero-order chi connectivity index (χ0) is 20.1. The van der Waals surface area contributed by atoms with Crippen molar-refractivity contribution in [3.8, 4) is 0 Å². The first-order valence-corrected chi connectivity index (χ1v) is 9.17. The minimum atomic E-state index is -0.360. The Morgan fingerprint density at radius 3 is 2.36 bits per heavy atom. The molecule has 2 N–H and O–H groups in total.